The molecule has 2 heterocycles. The molecule has 0 atom stereocenters. The van der Waals surface area contributed by atoms with Gasteiger partial charge in [0.25, 0.3) is 5.56 Å². The maximum absolute atomic E-state index is 11.9. The van der Waals surface area contributed by atoms with E-state index in [0.717, 1.165) is 31.1 Å². The fraction of sp³-hybridized carbons (Fsp3) is 0.333. The van der Waals surface area contributed by atoms with Crippen molar-refractivity contribution in [1.29, 1.82) is 0 Å². The van der Waals surface area contributed by atoms with Crippen LogP contribution in [0, 0.1) is 0 Å². The molecule has 1 aliphatic rings. The van der Waals surface area contributed by atoms with Gasteiger partial charge in [-0.05, 0) is 25.0 Å². The molecule has 2 aromatic rings. The zero-order valence-corrected chi connectivity index (χ0v) is 12.5. The fourth-order valence-electron chi connectivity index (χ4n) is 2.45. The first-order valence-corrected chi connectivity index (χ1v) is 7.64. The van der Waals surface area contributed by atoms with Crippen molar-refractivity contribution in [1.82, 2.24) is 4.98 Å². The highest BCUT2D eigenvalue weighted by molar-refractivity contribution is 7.18. The fourth-order valence-corrected chi connectivity index (χ4v) is 3.53. The summed E-state index contributed by atoms with van der Waals surface area (Å²) in [5.74, 6) is 0.445. The number of anilines is 1. The van der Waals surface area contributed by atoms with Crippen LogP contribution in [0.4, 0.5) is 5.13 Å². The summed E-state index contributed by atoms with van der Waals surface area (Å²) < 4.78 is 5.12. The zero-order valence-electron chi connectivity index (χ0n) is 11.7. The lowest BCUT2D eigenvalue weighted by Gasteiger charge is -2.16. The largest absolute Gasteiger partial charge is 0.504 e. The molecule has 1 fully saturated rings. The van der Waals surface area contributed by atoms with Crippen LogP contribution >= 0.6 is 11.3 Å². The van der Waals surface area contributed by atoms with Gasteiger partial charge in [0, 0.05) is 29.6 Å². The topological polar surface area (TPSA) is 62.7 Å². The van der Waals surface area contributed by atoms with Crippen molar-refractivity contribution in [3.63, 3.8) is 0 Å². The second kappa shape index (κ2) is 5.73. The van der Waals surface area contributed by atoms with Gasteiger partial charge in [0.1, 0.15) is 0 Å². The molecule has 1 aromatic heterocycles. The summed E-state index contributed by atoms with van der Waals surface area (Å²) in [4.78, 5) is 18.8. The average molecular weight is 304 g/mol. The van der Waals surface area contributed by atoms with Gasteiger partial charge in [-0.2, -0.15) is 4.98 Å². The van der Waals surface area contributed by atoms with E-state index >= 15 is 0 Å². The number of ether oxygens (including phenoxy) is 1. The SMILES string of the molecule is COc1cccc(-c2cc(=O)nc(N3CCCC3)s2)c1O. The summed E-state index contributed by atoms with van der Waals surface area (Å²) in [5.41, 5.74) is 0.312. The Balaban J connectivity index is 2.08. The number of para-hydroxylation sites is 1. The molecular weight excluding hydrogens is 288 g/mol. The third-order valence-electron chi connectivity index (χ3n) is 3.52. The van der Waals surface area contributed by atoms with E-state index in [9.17, 15) is 9.90 Å². The Hall–Kier alpha value is -2.08. The monoisotopic (exact) mass is 304 g/mol. The molecular formula is C15H16N2O3S. The van der Waals surface area contributed by atoms with Crippen LogP contribution in [-0.2, 0) is 0 Å². The van der Waals surface area contributed by atoms with Crippen LogP contribution in [-0.4, -0.2) is 30.3 Å². The molecule has 0 amide bonds. The smallest absolute Gasteiger partial charge is 0.273 e. The summed E-state index contributed by atoms with van der Waals surface area (Å²) in [6.07, 6.45) is 2.24. The molecule has 6 heteroatoms. The molecule has 0 saturated carbocycles. The van der Waals surface area contributed by atoms with Gasteiger partial charge in [0.15, 0.2) is 16.6 Å². The van der Waals surface area contributed by atoms with Crippen molar-refractivity contribution in [2.24, 2.45) is 0 Å². The lowest BCUT2D eigenvalue weighted by atomic mass is 10.1. The summed E-state index contributed by atoms with van der Waals surface area (Å²) >= 11 is 1.42. The number of aromatic hydroxyl groups is 1. The van der Waals surface area contributed by atoms with Crippen LogP contribution in [0.2, 0.25) is 0 Å². The van der Waals surface area contributed by atoms with E-state index in [2.05, 4.69) is 9.88 Å². The van der Waals surface area contributed by atoms with E-state index in [-0.39, 0.29) is 11.3 Å². The number of hydrogen-bond acceptors (Lipinski definition) is 6. The average Bonchev–Trinajstić information content (AvgIpc) is 3.01. The van der Waals surface area contributed by atoms with Gasteiger partial charge < -0.3 is 14.7 Å². The van der Waals surface area contributed by atoms with E-state index in [1.54, 1.807) is 18.2 Å². The Morgan fingerprint density at radius 3 is 2.81 bits per heavy atom. The highest BCUT2D eigenvalue weighted by Crippen LogP contribution is 2.39. The van der Waals surface area contributed by atoms with Gasteiger partial charge in [-0.1, -0.05) is 17.4 Å². The van der Waals surface area contributed by atoms with Gasteiger partial charge >= 0.3 is 0 Å². The normalized spacial score (nSPS) is 14.4. The van der Waals surface area contributed by atoms with Crippen LogP contribution in [0.25, 0.3) is 10.4 Å². The van der Waals surface area contributed by atoms with Crippen molar-refractivity contribution in [3.05, 3.63) is 34.6 Å². The second-order valence-corrected chi connectivity index (χ2v) is 5.90. The molecule has 21 heavy (non-hydrogen) atoms. The molecule has 1 saturated heterocycles. The van der Waals surface area contributed by atoms with E-state index in [1.807, 2.05) is 0 Å². The van der Waals surface area contributed by atoms with Crippen LogP contribution in [0.15, 0.2) is 29.1 Å². The van der Waals surface area contributed by atoms with Crippen LogP contribution in [0.5, 0.6) is 11.5 Å². The number of hydrogen-bond donors (Lipinski definition) is 1. The highest BCUT2D eigenvalue weighted by atomic mass is 32.1. The number of benzene rings is 1. The van der Waals surface area contributed by atoms with Crippen molar-refractivity contribution < 1.29 is 9.84 Å². The molecule has 0 aliphatic carbocycles. The van der Waals surface area contributed by atoms with Crippen LogP contribution in [0.3, 0.4) is 0 Å². The third-order valence-corrected chi connectivity index (χ3v) is 4.61. The quantitative estimate of drug-likeness (QED) is 0.944. The molecule has 1 aromatic carbocycles. The van der Waals surface area contributed by atoms with Gasteiger partial charge in [-0.25, -0.2) is 0 Å². The number of aromatic nitrogens is 1. The highest BCUT2D eigenvalue weighted by Gasteiger charge is 2.18. The Labute approximate surface area is 126 Å². The molecule has 1 N–H and O–H groups in total. The predicted molar refractivity (Wildman–Crippen MR) is 83.5 cm³/mol. The first-order chi connectivity index (χ1) is 10.2. The maximum atomic E-state index is 11.9. The maximum Gasteiger partial charge on any atom is 0.273 e. The minimum absolute atomic E-state index is 0.0502. The first-order valence-electron chi connectivity index (χ1n) is 6.82. The van der Waals surface area contributed by atoms with Crippen LogP contribution < -0.4 is 15.2 Å². The van der Waals surface area contributed by atoms with E-state index < -0.39 is 0 Å². The number of methoxy groups -OCH3 is 1. The van der Waals surface area contributed by atoms with Crippen LogP contribution in [0.1, 0.15) is 12.8 Å². The Morgan fingerprint density at radius 2 is 2.10 bits per heavy atom. The van der Waals surface area contributed by atoms with E-state index in [4.69, 9.17) is 4.74 Å². The number of phenolic OH excluding ortho intramolecular Hbond substituents is 1. The number of phenols is 1. The van der Waals surface area contributed by atoms with Crippen molar-refractivity contribution in [2.75, 3.05) is 25.1 Å². The summed E-state index contributed by atoms with van der Waals surface area (Å²) in [6.45, 7) is 1.85. The molecule has 5 nitrogen and oxygen atoms in total. The van der Waals surface area contributed by atoms with E-state index in [1.165, 1.54) is 24.5 Å². The standard InChI is InChI=1S/C15H16N2O3S/c1-20-11-6-4-5-10(14(11)19)12-9-13(18)16-15(21-12)17-7-2-3-8-17/h4-6,9,19H,2-3,7-8H2,1H3. The Kier molecular flexibility index (Phi) is 3.79. The van der Waals surface area contributed by atoms with Gasteiger partial charge in [-0.15, -0.1) is 0 Å². The molecule has 3 rings (SSSR count). The molecule has 0 radical (unpaired) electrons. The van der Waals surface area contributed by atoms with Crippen molar-refractivity contribution in [3.8, 4) is 21.9 Å². The third kappa shape index (κ3) is 2.71. The summed E-state index contributed by atoms with van der Waals surface area (Å²) in [7, 11) is 1.50. The lowest BCUT2D eigenvalue weighted by Crippen LogP contribution is -2.20. The molecule has 1 aliphatic heterocycles. The predicted octanol–water partition coefficient (Wildman–Crippen LogP) is 2.48. The van der Waals surface area contributed by atoms with Crippen molar-refractivity contribution >= 4 is 16.5 Å². The number of rotatable bonds is 3. The first kappa shape index (κ1) is 13.9. The van der Waals surface area contributed by atoms with Gasteiger partial charge in [0.2, 0.25) is 0 Å². The molecule has 0 unspecified atom stereocenters. The molecule has 0 spiro atoms. The lowest BCUT2D eigenvalue weighted by molar-refractivity contribution is 0.374. The summed E-state index contributed by atoms with van der Waals surface area (Å²) in [5, 5.41) is 11.0. The Morgan fingerprint density at radius 1 is 1.33 bits per heavy atom. The second-order valence-electron chi connectivity index (χ2n) is 4.89. The summed E-state index contributed by atoms with van der Waals surface area (Å²) in [6, 6.07) is 6.71. The van der Waals surface area contributed by atoms with E-state index in [0.29, 0.717) is 16.2 Å². The minimum Gasteiger partial charge on any atom is -0.504 e. The molecule has 0 bridgehead atoms. The zero-order chi connectivity index (χ0) is 14.8. The van der Waals surface area contributed by atoms with Gasteiger partial charge in [-0.3, -0.25) is 4.79 Å². The molecule has 110 valence electrons. The van der Waals surface area contributed by atoms with Gasteiger partial charge in [0.05, 0.1) is 7.11 Å². The number of nitrogens with zero attached hydrogens (tertiary/aromatic N) is 2. The van der Waals surface area contributed by atoms with Crippen molar-refractivity contribution in [2.45, 2.75) is 12.8 Å². The Bertz CT molecular complexity index is 708. The minimum atomic E-state index is -0.284.